The lowest BCUT2D eigenvalue weighted by Gasteiger charge is -2.07. The summed E-state index contributed by atoms with van der Waals surface area (Å²) >= 11 is 0. The largest absolute Gasteiger partial charge is 0.490 e. The first-order valence-corrected chi connectivity index (χ1v) is 7.63. The zero-order valence-corrected chi connectivity index (χ0v) is 12.8. The summed E-state index contributed by atoms with van der Waals surface area (Å²) in [5.74, 6) is 1.09. The molecule has 2 aromatic rings. The van der Waals surface area contributed by atoms with Crippen LogP contribution in [0.4, 0.5) is 0 Å². The molecule has 0 unspecified atom stereocenters. The summed E-state index contributed by atoms with van der Waals surface area (Å²) < 4.78 is 16.4. The first kappa shape index (κ1) is 14.4. The lowest BCUT2D eigenvalue weighted by molar-refractivity contribution is -0.129. The highest BCUT2D eigenvalue weighted by Gasteiger charge is 2.25. The van der Waals surface area contributed by atoms with Gasteiger partial charge in [0, 0.05) is 12.6 Å². The highest BCUT2D eigenvalue weighted by molar-refractivity contribution is 6.12. The number of cyclic esters (lactones) is 1. The molecule has 2 aliphatic rings. The molecule has 6 nitrogen and oxygen atoms in total. The Morgan fingerprint density at radius 3 is 2.75 bits per heavy atom. The number of esters is 1. The first-order chi connectivity index (χ1) is 11.8. The quantitative estimate of drug-likeness (QED) is 0.628. The molecule has 0 N–H and O–H groups in total. The zero-order chi connectivity index (χ0) is 16.4. The Kier molecular flexibility index (Phi) is 3.70. The Labute approximate surface area is 138 Å². The van der Waals surface area contributed by atoms with Crippen molar-refractivity contribution in [3.05, 3.63) is 59.5 Å². The second kappa shape index (κ2) is 6.16. The number of aliphatic imine (C=N–C) groups is 1. The summed E-state index contributed by atoms with van der Waals surface area (Å²) in [6, 6.07) is 10.8. The maximum atomic E-state index is 12.0. The number of nitrogens with zero attached hydrogens (tertiary/aromatic N) is 2. The number of carbonyl (C=O) groups excluding carboxylic acids is 1. The topological polar surface area (TPSA) is 70.0 Å². The van der Waals surface area contributed by atoms with Crippen LogP contribution in [-0.2, 0) is 9.53 Å². The molecule has 0 spiro atoms. The van der Waals surface area contributed by atoms with E-state index in [1.807, 2.05) is 24.3 Å². The number of pyridine rings is 1. The molecule has 1 aromatic carbocycles. The summed E-state index contributed by atoms with van der Waals surface area (Å²) in [4.78, 5) is 20.4. The van der Waals surface area contributed by atoms with Crippen molar-refractivity contribution < 1.29 is 19.0 Å². The van der Waals surface area contributed by atoms with E-state index in [1.165, 1.54) is 0 Å². The smallest absolute Gasteiger partial charge is 0.363 e. The van der Waals surface area contributed by atoms with Gasteiger partial charge in [0.2, 0.25) is 5.90 Å². The first-order valence-electron chi connectivity index (χ1n) is 7.63. The van der Waals surface area contributed by atoms with Crippen LogP contribution >= 0.6 is 0 Å². The van der Waals surface area contributed by atoms with E-state index in [0.29, 0.717) is 30.4 Å². The number of rotatable bonds is 2. The predicted octanol–water partition coefficient (Wildman–Crippen LogP) is 2.59. The van der Waals surface area contributed by atoms with Crippen molar-refractivity contribution in [2.45, 2.75) is 6.42 Å². The third-order valence-electron chi connectivity index (χ3n) is 3.58. The third-order valence-corrected chi connectivity index (χ3v) is 3.58. The second-order valence-electron chi connectivity index (χ2n) is 5.31. The highest BCUT2D eigenvalue weighted by Crippen LogP contribution is 2.31. The SMILES string of the molecule is O=C1OC(c2ccccn2)=N/C1=C/c1ccc2c(c1)OCCCO2. The lowest BCUT2D eigenvalue weighted by atomic mass is 10.1. The van der Waals surface area contributed by atoms with Crippen LogP contribution in [0.2, 0.25) is 0 Å². The van der Waals surface area contributed by atoms with Gasteiger partial charge in [0.25, 0.3) is 0 Å². The molecule has 2 aliphatic heterocycles. The van der Waals surface area contributed by atoms with Gasteiger partial charge in [-0.1, -0.05) is 12.1 Å². The van der Waals surface area contributed by atoms with E-state index in [-0.39, 0.29) is 11.6 Å². The molecule has 0 saturated carbocycles. The summed E-state index contributed by atoms with van der Waals surface area (Å²) in [7, 11) is 0. The summed E-state index contributed by atoms with van der Waals surface area (Å²) in [6.45, 7) is 1.24. The molecular formula is C18H14N2O4. The maximum Gasteiger partial charge on any atom is 0.363 e. The van der Waals surface area contributed by atoms with Crippen molar-refractivity contribution in [1.82, 2.24) is 4.98 Å². The van der Waals surface area contributed by atoms with Crippen LogP contribution in [0.15, 0.2) is 53.3 Å². The van der Waals surface area contributed by atoms with Crippen LogP contribution in [0, 0.1) is 0 Å². The molecule has 6 heteroatoms. The van der Waals surface area contributed by atoms with Gasteiger partial charge in [0.05, 0.1) is 13.2 Å². The van der Waals surface area contributed by atoms with E-state index in [9.17, 15) is 4.79 Å². The summed E-state index contributed by atoms with van der Waals surface area (Å²) in [5.41, 5.74) is 1.54. The van der Waals surface area contributed by atoms with Crippen molar-refractivity contribution in [3.63, 3.8) is 0 Å². The molecule has 0 bridgehead atoms. The molecule has 0 radical (unpaired) electrons. The molecule has 3 heterocycles. The molecule has 0 atom stereocenters. The number of ether oxygens (including phenoxy) is 3. The molecule has 0 aliphatic carbocycles. The minimum absolute atomic E-state index is 0.209. The third kappa shape index (κ3) is 2.86. The number of aromatic nitrogens is 1. The number of hydrogen-bond acceptors (Lipinski definition) is 6. The maximum absolute atomic E-state index is 12.0. The molecule has 0 fully saturated rings. The summed E-state index contributed by atoms with van der Waals surface area (Å²) in [5, 5.41) is 0. The number of carbonyl (C=O) groups is 1. The molecule has 0 saturated heterocycles. The van der Waals surface area contributed by atoms with Crippen LogP contribution in [0.25, 0.3) is 6.08 Å². The van der Waals surface area contributed by atoms with Gasteiger partial charge in [0.15, 0.2) is 17.2 Å². The Bertz CT molecular complexity index is 843. The highest BCUT2D eigenvalue weighted by atomic mass is 16.6. The van der Waals surface area contributed by atoms with E-state index in [4.69, 9.17) is 14.2 Å². The van der Waals surface area contributed by atoms with Crippen molar-refractivity contribution in [3.8, 4) is 11.5 Å². The van der Waals surface area contributed by atoms with Gasteiger partial charge in [-0.15, -0.1) is 0 Å². The van der Waals surface area contributed by atoms with E-state index in [2.05, 4.69) is 9.98 Å². The van der Waals surface area contributed by atoms with Crippen LogP contribution in [0.3, 0.4) is 0 Å². The summed E-state index contributed by atoms with van der Waals surface area (Å²) in [6.07, 6.45) is 4.12. The zero-order valence-electron chi connectivity index (χ0n) is 12.8. The van der Waals surface area contributed by atoms with E-state index in [1.54, 1.807) is 24.4 Å². The van der Waals surface area contributed by atoms with Crippen LogP contribution < -0.4 is 9.47 Å². The minimum atomic E-state index is -0.497. The number of fused-ring (bicyclic) bond motifs is 1. The van der Waals surface area contributed by atoms with Gasteiger partial charge >= 0.3 is 5.97 Å². The predicted molar refractivity (Wildman–Crippen MR) is 86.9 cm³/mol. The van der Waals surface area contributed by atoms with E-state index >= 15 is 0 Å². The fraction of sp³-hybridized carbons (Fsp3) is 0.167. The monoisotopic (exact) mass is 322 g/mol. The molecule has 120 valence electrons. The average Bonchev–Trinajstić information content (AvgIpc) is 2.83. The van der Waals surface area contributed by atoms with Crippen LogP contribution in [-0.4, -0.2) is 30.1 Å². The van der Waals surface area contributed by atoms with Crippen LogP contribution in [0.5, 0.6) is 11.5 Å². The fourth-order valence-electron chi connectivity index (χ4n) is 2.44. The van der Waals surface area contributed by atoms with E-state index < -0.39 is 5.97 Å². The Balaban J connectivity index is 1.64. The molecule has 24 heavy (non-hydrogen) atoms. The molecule has 1 aromatic heterocycles. The average molecular weight is 322 g/mol. The normalized spacial score (nSPS) is 18.1. The number of hydrogen-bond donors (Lipinski definition) is 0. The lowest BCUT2D eigenvalue weighted by Crippen LogP contribution is -2.06. The van der Waals surface area contributed by atoms with Crippen LogP contribution in [0.1, 0.15) is 17.7 Å². The van der Waals surface area contributed by atoms with Gasteiger partial charge in [-0.25, -0.2) is 9.79 Å². The Hall–Kier alpha value is -3.15. The van der Waals surface area contributed by atoms with Gasteiger partial charge in [-0.2, -0.15) is 0 Å². The standard InChI is InChI=1S/C18H14N2O4/c21-18-14(20-17(24-18)13-4-1-2-7-19-13)10-12-5-6-15-16(11-12)23-9-3-8-22-15/h1-2,4-7,10-11H,3,8-9H2/b14-10+. The Morgan fingerprint density at radius 2 is 1.92 bits per heavy atom. The fourth-order valence-corrected chi connectivity index (χ4v) is 2.44. The second-order valence-corrected chi connectivity index (χ2v) is 5.31. The van der Waals surface area contributed by atoms with Gasteiger partial charge < -0.3 is 14.2 Å². The van der Waals surface area contributed by atoms with Gasteiger partial charge in [0.1, 0.15) is 5.69 Å². The number of benzene rings is 1. The van der Waals surface area contributed by atoms with E-state index in [0.717, 1.165) is 12.0 Å². The van der Waals surface area contributed by atoms with Crippen molar-refractivity contribution >= 4 is 17.9 Å². The molecule has 4 rings (SSSR count). The van der Waals surface area contributed by atoms with Crippen molar-refractivity contribution in [1.29, 1.82) is 0 Å². The molecule has 0 amide bonds. The van der Waals surface area contributed by atoms with Gasteiger partial charge in [-0.3, -0.25) is 4.98 Å². The van der Waals surface area contributed by atoms with Crippen molar-refractivity contribution in [2.75, 3.05) is 13.2 Å². The Morgan fingerprint density at radius 1 is 1.04 bits per heavy atom. The minimum Gasteiger partial charge on any atom is -0.490 e. The van der Waals surface area contributed by atoms with Gasteiger partial charge in [-0.05, 0) is 35.9 Å². The van der Waals surface area contributed by atoms with Crippen molar-refractivity contribution in [2.24, 2.45) is 4.99 Å². The molecular weight excluding hydrogens is 308 g/mol.